The van der Waals surface area contributed by atoms with Gasteiger partial charge in [-0.15, -0.1) is 0 Å². The number of hydrogen-bond acceptors (Lipinski definition) is 1. The van der Waals surface area contributed by atoms with E-state index < -0.39 is 0 Å². The van der Waals surface area contributed by atoms with Gasteiger partial charge in [-0.3, -0.25) is 0 Å². The Morgan fingerprint density at radius 2 is 1.70 bits per heavy atom. The van der Waals surface area contributed by atoms with Crippen LogP contribution in [0.25, 0.3) is 0 Å². The smallest absolute Gasteiger partial charge is 0.0563 e. The topological polar surface area (TPSA) is 20.2 Å². The van der Waals surface area contributed by atoms with Gasteiger partial charge < -0.3 is 5.11 Å². The molecule has 1 nitrogen and oxygen atoms in total. The molecule has 0 aromatic carbocycles. The first-order valence-corrected chi connectivity index (χ1v) is 13.4. The molecular formula is C29H50O. The van der Waals surface area contributed by atoms with Gasteiger partial charge in [0.1, 0.15) is 0 Å². The van der Waals surface area contributed by atoms with E-state index in [-0.39, 0.29) is 6.10 Å². The molecule has 1 N–H and O–H groups in total. The van der Waals surface area contributed by atoms with Crippen LogP contribution in [-0.4, -0.2) is 11.2 Å². The van der Waals surface area contributed by atoms with Crippen molar-refractivity contribution < 1.29 is 5.11 Å². The number of fused-ring (bicyclic) bond motifs is 5. The molecule has 0 amide bonds. The van der Waals surface area contributed by atoms with Crippen molar-refractivity contribution in [1.29, 1.82) is 0 Å². The van der Waals surface area contributed by atoms with Crippen LogP contribution in [0.1, 0.15) is 113 Å². The highest BCUT2D eigenvalue weighted by atomic mass is 16.3. The summed E-state index contributed by atoms with van der Waals surface area (Å²) in [5.74, 6) is 4.67. The normalized spacial score (nSPS) is 44.6. The molecule has 1 unspecified atom stereocenters. The van der Waals surface area contributed by atoms with E-state index in [1.54, 1.807) is 0 Å². The van der Waals surface area contributed by atoms with E-state index in [1.165, 1.54) is 57.8 Å². The number of rotatable bonds is 5. The molecule has 4 rings (SSSR count). The molecule has 3 saturated carbocycles. The molecule has 0 aromatic heterocycles. The van der Waals surface area contributed by atoms with E-state index in [9.17, 15) is 5.11 Å². The van der Waals surface area contributed by atoms with Gasteiger partial charge in [0.05, 0.1) is 6.10 Å². The molecule has 0 bridgehead atoms. The highest BCUT2D eigenvalue weighted by Gasteiger charge is 2.58. The highest BCUT2D eigenvalue weighted by molar-refractivity contribution is 5.29. The third-order valence-corrected chi connectivity index (χ3v) is 11.0. The summed E-state index contributed by atoms with van der Waals surface area (Å²) >= 11 is 0. The van der Waals surface area contributed by atoms with Gasteiger partial charge in [0, 0.05) is 0 Å². The van der Waals surface area contributed by atoms with Crippen molar-refractivity contribution in [2.24, 2.45) is 51.8 Å². The molecule has 30 heavy (non-hydrogen) atoms. The summed E-state index contributed by atoms with van der Waals surface area (Å²) in [6.07, 6.45) is 16.2. The zero-order valence-corrected chi connectivity index (χ0v) is 21.1. The van der Waals surface area contributed by atoms with Crippen molar-refractivity contribution in [2.75, 3.05) is 0 Å². The quantitative estimate of drug-likeness (QED) is 0.451. The van der Waals surface area contributed by atoms with Crippen molar-refractivity contribution in [1.82, 2.24) is 0 Å². The van der Waals surface area contributed by atoms with Crippen LogP contribution in [0.2, 0.25) is 0 Å². The third kappa shape index (κ3) is 3.74. The van der Waals surface area contributed by atoms with Crippen LogP contribution in [-0.2, 0) is 0 Å². The molecule has 0 saturated heterocycles. The van der Waals surface area contributed by atoms with E-state index in [0.717, 1.165) is 36.0 Å². The van der Waals surface area contributed by atoms with Crippen LogP contribution < -0.4 is 0 Å². The van der Waals surface area contributed by atoms with Crippen molar-refractivity contribution in [3.8, 4) is 0 Å². The zero-order valence-electron chi connectivity index (χ0n) is 21.1. The fraction of sp³-hybridized carbons (Fsp3) is 0.931. The second kappa shape index (κ2) is 7.93. The fourth-order valence-corrected chi connectivity index (χ4v) is 8.85. The lowest BCUT2D eigenvalue weighted by Crippen LogP contribution is -2.49. The van der Waals surface area contributed by atoms with Crippen LogP contribution in [0.4, 0.5) is 0 Å². The average Bonchev–Trinajstić information content (AvgIpc) is 3.03. The number of hydrogen-bond donors (Lipinski definition) is 1. The number of aliphatic hydroxyl groups excluding tert-OH is 1. The number of aliphatic hydroxyl groups is 1. The molecule has 0 heterocycles. The first-order valence-electron chi connectivity index (χ1n) is 13.4. The van der Waals surface area contributed by atoms with Gasteiger partial charge in [-0.2, -0.15) is 0 Å². The highest BCUT2D eigenvalue weighted by Crippen LogP contribution is 2.67. The Hall–Kier alpha value is -0.300. The largest absolute Gasteiger partial charge is 0.393 e. The van der Waals surface area contributed by atoms with E-state index >= 15 is 0 Å². The third-order valence-electron chi connectivity index (χ3n) is 11.0. The number of allylic oxidation sites excluding steroid dienone is 2. The average molecular weight is 415 g/mol. The Bertz CT molecular complexity index is 659. The predicted octanol–water partition coefficient (Wildman–Crippen LogP) is 8.02. The minimum atomic E-state index is -0.124. The first-order chi connectivity index (χ1) is 14.0. The van der Waals surface area contributed by atoms with Crippen molar-refractivity contribution >= 4 is 0 Å². The molecule has 8 atom stereocenters. The van der Waals surface area contributed by atoms with Gasteiger partial charge in [0.15, 0.2) is 0 Å². The summed E-state index contributed by atoms with van der Waals surface area (Å²) in [6.45, 7) is 17.1. The van der Waals surface area contributed by atoms with Gasteiger partial charge in [-0.25, -0.2) is 0 Å². The van der Waals surface area contributed by atoms with Crippen molar-refractivity contribution in [3.05, 3.63) is 11.6 Å². The second-order valence-corrected chi connectivity index (χ2v) is 13.7. The van der Waals surface area contributed by atoms with E-state index in [4.69, 9.17) is 0 Å². The first kappa shape index (κ1) is 22.9. The summed E-state index contributed by atoms with van der Waals surface area (Å²) in [5.41, 5.74) is 3.44. The predicted molar refractivity (Wildman–Crippen MR) is 128 cm³/mol. The van der Waals surface area contributed by atoms with E-state index in [1.807, 2.05) is 5.57 Å². The van der Waals surface area contributed by atoms with Gasteiger partial charge in [-0.1, -0.05) is 60.1 Å². The Kier molecular flexibility index (Phi) is 6.05. The van der Waals surface area contributed by atoms with Gasteiger partial charge in [0.25, 0.3) is 0 Å². The van der Waals surface area contributed by atoms with Crippen LogP contribution in [0, 0.1) is 51.8 Å². The van der Waals surface area contributed by atoms with Gasteiger partial charge >= 0.3 is 0 Å². The molecule has 3 fully saturated rings. The lowest BCUT2D eigenvalue weighted by Gasteiger charge is -2.58. The summed E-state index contributed by atoms with van der Waals surface area (Å²) in [4.78, 5) is 0. The SMILES string of the molecule is CC(C)[C@@H](O)CC[C@@H](C)[C@H]1CC[C@H]2[C@@H]3CCC4CC(C)(C)CC[C@]4(C)C3=CC[C@]12C. The molecule has 4 aliphatic carbocycles. The molecular weight excluding hydrogens is 364 g/mol. The Balaban J connectivity index is 1.51. The molecule has 0 aromatic rings. The van der Waals surface area contributed by atoms with Crippen LogP contribution in [0.5, 0.6) is 0 Å². The lowest BCUT2D eigenvalue weighted by molar-refractivity contribution is -0.00864. The Morgan fingerprint density at radius 3 is 2.40 bits per heavy atom. The fourth-order valence-electron chi connectivity index (χ4n) is 8.85. The van der Waals surface area contributed by atoms with E-state index in [2.05, 4.69) is 54.5 Å². The lowest BCUT2D eigenvalue weighted by atomic mass is 9.46. The van der Waals surface area contributed by atoms with Crippen molar-refractivity contribution in [2.45, 2.75) is 119 Å². The maximum atomic E-state index is 10.3. The summed E-state index contributed by atoms with van der Waals surface area (Å²) in [6, 6.07) is 0. The van der Waals surface area contributed by atoms with Crippen LogP contribution >= 0.6 is 0 Å². The Labute approximate surface area is 187 Å². The molecule has 0 radical (unpaired) electrons. The molecule has 1 heteroatoms. The molecule has 0 spiro atoms. The summed E-state index contributed by atoms with van der Waals surface area (Å²) in [5, 5.41) is 10.3. The summed E-state index contributed by atoms with van der Waals surface area (Å²) < 4.78 is 0. The van der Waals surface area contributed by atoms with E-state index in [0.29, 0.717) is 22.2 Å². The maximum Gasteiger partial charge on any atom is 0.0563 e. The van der Waals surface area contributed by atoms with Crippen LogP contribution in [0.15, 0.2) is 11.6 Å². The summed E-state index contributed by atoms with van der Waals surface area (Å²) in [7, 11) is 0. The minimum Gasteiger partial charge on any atom is -0.393 e. The maximum absolute atomic E-state index is 10.3. The molecule has 0 aliphatic heterocycles. The van der Waals surface area contributed by atoms with Gasteiger partial charge in [-0.05, 0) is 116 Å². The van der Waals surface area contributed by atoms with Crippen molar-refractivity contribution in [3.63, 3.8) is 0 Å². The standard InChI is InChI=1S/C29H50O/c1-19(2)26(30)13-8-20(3)23-11-12-24-22-10-9-21-18-27(4,5)16-17-28(21,6)25(22)14-15-29(23,24)7/h14,19-24,26,30H,8-13,15-18H2,1-7H3/t20-,21?,22+,23-,24+,26+,28+,29-/m1/s1. The Morgan fingerprint density at radius 1 is 0.967 bits per heavy atom. The second-order valence-electron chi connectivity index (χ2n) is 13.7. The minimum absolute atomic E-state index is 0.124. The zero-order chi connectivity index (χ0) is 21.9. The van der Waals surface area contributed by atoms with Gasteiger partial charge in [0.2, 0.25) is 0 Å². The van der Waals surface area contributed by atoms with Crippen LogP contribution in [0.3, 0.4) is 0 Å². The molecule has 4 aliphatic rings. The molecule has 172 valence electrons. The monoisotopic (exact) mass is 414 g/mol.